The number of rotatable bonds is 13. The van der Waals surface area contributed by atoms with Gasteiger partial charge in [0.25, 0.3) is 0 Å². The topological polar surface area (TPSA) is 168 Å². The summed E-state index contributed by atoms with van der Waals surface area (Å²) in [5.74, 6) is -3.08. The predicted molar refractivity (Wildman–Crippen MR) is 172 cm³/mol. The van der Waals surface area contributed by atoms with Crippen molar-refractivity contribution in [3.8, 4) is 5.75 Å². The van der Waals surface area contributed by atoms with Gasteiger partial charge in [-0.15, -0.1) is 0 Å². The Morgan fingerprint density at radius 1 is 0.918 bits per heavy atom. The van der Waals surface area contributed by atoms with Crippen LogP contribution in [0.4, 0.5) is 22.8 Å². The lowest BCUT2D eigenvalue weighted by Gasteiger charge is -2.32. The molecular weight excluding hydrogens is 655 g/mol. The van der Waals surface area contributed by atoms with Gasteiger partial charge in [-0.3, -0.25) is 4.79 Å². The molecular formula is C32H48F3N5O9. The highest BCUT2D eigenvalue weighted by atomic mass is 19.4. The molecule has 0 aromatic heterocycles. The van der Waals surface area contributed by atoms with Crippen molar-refractivity contribution < 1.29 is 56.4 Å². The van der Waals surface area contributed by atoms with E-state index in [2.05, 4.69) is 15.6 Å². The fraction of sp³-hybridized carbons (Fsp3) is 0.656. The summed E-state index contributed by atoms with van der Waals surface area (Å²) in [7, 11) is 0. The Balaban J connectivity index is 2.27. The second-order valence-corrected chi connectivity index (χ2v) is 13.1. The van der Waals surface area contributed by atoms with Crippen LogP contribution in [0.5, 0.6) is 5.75 Å². The second kappa shape index (κ2) is 17.9. The van der Waals surface area contributed by atoms with Gasteiger partial charge in [-0.05, 0) is 84.6 Å². The van der Waals surface area contributed by atoms with E-state index in [0.29, 0.717) is 11.3 Å². The fourth-order valence-electron chi connectivity index (χ4n) is 4.44. The smallest absolute Gasteiger partial charge is 0.473 e. The van der Waals surface area contributed by atoms with Crippen LogP contribution < -0.4 is 15.4 Å². The third-order valence-corrected chi connectivity index (χ3v) is 6.42. The third-order valence-electron chi connectivity index (χ3n) is 6.42. The van der Waals surface area contributed by atoms with Crippen LogP contribution >= 0.6 is 0 Å². The van der Waals surface area contributed by atoms with Gasteiger partial charge in [0, 0.05) is 39.3 Å². The molecule has 0 aliphatic carbocycles. The van der Waals surface area contributed by atoms with E-state index in [9.17, 15) is 37.5 Å². The van der Waals surface area contributed by atoms with Crippen molar-refractivity contribution in [1.82, 2.24) is 20.4 Å². The van der Waals surface area contributed by atoms with Crippen molar-refractivity contribution in [1.29, 1.82) is 0 Å². The number of amides is 3. The molecule has 0 unspecified atom stereocenters. The number of carbonyl (C=O) groups is 4. The Hall–Kier alpha value is -4.28. The lowest BCUT2D eigenvalue weighted by Crippen LogP contribution is -2.45. The Labute approximate surface area is 284 Å². The zero-order valence-electron chi connectivity index (χ0n) is 29.1. The van der Waals surface area contributed by atoms with Crippen LogP contribution in [0.1, 0.15) is 72.4 Å². The molecule has 1 aromatic rings. The number of carbonyl (C=O) groups excluding carboxylic acids is 4. The summed E-state index contributed by atoms with van der Waals surface area (Å²) in [6.07, 6.45) is -7.58. The zero-order valence-corrected chi connectivity index (χ0v) is 29.1. The number of aliphatic imine (C=N–C) groups is 1. The summed E-state index contributed by atoms with van der Waals surface area (Å²) in [6.45, 7) is 12.1. The Morgan fingerprint density at radius 2 is 1.45 bits per heavy atom. The van der Waals surface area contributed by atoms with E-state index in [4.69, 9.17) is 18.9 Å². The van der Waals surface area contributed by atoms with Gasteiger partial charge < -0.3 is 44.5 Å². The molecule has 3 amide bonds. The number of aliphatic hydroxyl groups excluding tert-OH is 1. The summed E-state index contributed by atoms with van der Waals surface area (Å²) in [5.41, 5.74) is -0.0754. The van der Waals surface area contributed by atoms with Crippen molar-refractivity contribution in [3.05, 3.63) is 29.3 Å². The largest absolute Gasteiger partial charge is 0.490 e. The maximum Gasteiger partial charge on any atom is 0.473 e. The highest BCUT2D eigenvalue weighted by molar-refractivity contribution is 5.96. The molecule has 3 N–H and O–H groups in total. The van der Waals surface area contributed by atoms with Gasteiger partial charge in [0.2, 0.25) is 5.96 Å². The number of aliphatic hydroxyl groups is 1. The van der Waals surface area contributed by atoms with Crippen LogP contribution in [-0.2, 0) is 36.9 Å². The van der Waals surface area contributed by atoms with Crippen LogP contribution in [0, 0.1) is 0 Å². The maximum absolute atomic E-state index is 13.5. The molecule has 14 nitrogen and oxygen atoms in total. The van der Waals surface area contributed by atoms with Gasteiger partial charge in [0.1, 0.15) is 23.6 Å². The number of halogens is 3. The first kappa shape index (κ1) is 40.9. The van der Waals surface area contributed by atoms with E-state index >= 15 is 0 Å². The highest BCUT2D eigenvalue weighted by Crippen LogP contribution is 2.29. The van der Waals surface area contributed by atoms with Crippen LogP contribution in [0.2, 0.25) is 0 Å². The number of alkyl halides is 3. The number of fused-ring (bicyclic) bond motifs is 1. The molecule has 0 spiro atoms. The molecule has 0 fully saturated rings. The van der Waals surface area contributed by atoms with Gasteiger partial charge >= 0.3 is 30.2 Å². The molecule has 0 saturated heterocycles. The lowest BCUT2D eigenvalue weighted by molar-refractivity contribution is -0.169. The van der Waals surface area contributed by atoms with Gasteiger partial charge in [-0.1, -0.05) is 6.07 Å². The molecule has 2 rings (SSSR count). The Kier molecular flexibility index (Phi) is 15.0. The van der Waals surface area contributed by atoms with Crippen LogP contribution in [0.25, 0.3) is 0 Å². The molecule has 49 heavy (non-hydrogen) atoms. The van der Waals surface area contributed by atoms with Crippen molar-refractivity contribution in [2.24, 2.45) is 4.99 Å². The number of ether oxygens (including phenoxy) is 4. The second-order valence-electron chi connectivity index (χ2n) is 13.1. The molecule has 1 aromatic carbocycles. The minimum absolute atomic E-state index is 0.0553. The molecule has 17 heteroatoms. The SMILES string of the molecule is CCOC(=O)[C@H](O)COc1ccc2c(c1)CN(/C(=N\C(=O)C(F)(F)F)N(CCCNC(=O)OC(C)(C)C)CCCNC(=O)OC(C)(C)C)C2. The summed E-state index contributed by atoms with van der Waals surface area (Å²) < 4.78 is 61.3. The van der Waals surface area contributed by atoms with E-state index in [1.54, 1.807) is 66.7 Å². The lowest BCUT2D eigenvalue weighted by atomic mass is 10.1. The third kappa shape index (κ3) is 15.2. The van der Waals surface area contributed by atoms with E-state index in [0.717, 1.165) is 5.56 Å². The number of nitrogens with zero attached hydrogens (tertiary/aromatic N) is 3. The van der Waals surface area contributed by atoms with Gasteiger partial charge in [0.15, 0.2) is 6.10 Å². The number of esters is 1. The molecule has 0 radical (unpaired) electrons. The van der Waals surface area contributed by atoms with E-state index in [1.807, 2.05) is 0 Å². The summed E-state index contributed by atoms with van der Waals surface area (Å²) >= 11 is 0. The molecule has 1 heterocycles. The summed E-state index contributed by atoms with van der Waals surface area (Å²) in [4.78, 5) is 54.7. The standard InChI is InChI=1S/C32H48F3N5O9/c1-8-46-25(42)24(41)20-47-23-12-11-21-18-40(19-22(21)17-23)27(38-26(43)32(33,34)35)39(15-9-13-36-28(44)48-30(2,3)4)16-10-14-37-29(45)49-31(5,6)7/h11-12,17,24,41H,8-10,13-16,18-20H2,1-7H3,(H,36,44)(H,37,45)/b38-27-/t24-/m1/s1. The molecule has 1 aliphatic heterocycles. The number of alkyl carbamates (subject to hydrolysis) is 2. The number of benzene rings is 1. The van der Waals surface area contributed by atoms with E-state index < -0.39 is 47.5 Å². The summed E-state index contributed by atoms with van der Waals surface area (Å²) in [5, 5.41) is 15.2. The van der Waals surface area contributed by atoms with Crippen LogP contribution in [0.3, 0.4) is 0 Å². The molecule has 1 atom stereocenters. The van der Waals surface area contributed by atoms with Crippen LogP contribution in [-0.4, -0.2) is 108 Å². The van der Waals surface area contributed by atoms with Crippen molar-refractivity contribution in [3.63, 3.8) is 0 Å². The quantitative estimate of drug-likeness (QED) is 0.0897. The van der Waals surface area contributed by atoms with Gasteiger partial charge in [-0.25, -0.2) is 14.4 Å². The molecule has 1 aliphatic rings. The van der Waals surface area contributed by atoms with Crippen LogP contribution in [0.15, 0.2) is 23.2 Å². The summed E-state index contributed by atoms with van der Waals surface area (Å²) in [6, 6.07) is 4.89. The highest BCUT2D eigenvalue weighted by Gasteiger charge is 2.40. The number of hydrogen-bond acceptors (Lipinski definition) is 9. The first-order chi connectivity index (χ1) is 22.7. The zero-order chi connectivity index (χ0) is 37.0. The maximum atomic E-state index is 13.5. The average molecular weight is 704 g/mol. The monoisotopic (exact) mass is 703 g/mol. The number of hydrogen-bond donors (Lipinski definition) is 3. The van der Waals surface area contributed by atoms with Crippen molar-refractivity contribution in [2.45, 2.75) is 97.9 Å². The number of guanidine groups is 1. The predicted octanol–water partition coefficient (Wildman–Crippen LogP) is 3.88. The van der Waals surface area contributed by atoms with E-state index in [-0.39, 0.29) is 71.3 Å². The van der Waals surface area contributed by atoms with Gasteiger partial charge in [0.05, 0.1) is 6.61 Å². The molecule has 276 valence electrons. The van der Waals surface area contributed by atoms with Crippen molar-refractivity contribution in [2.75, 3.05) is 39.4 Å². The number of nitrogens with one attached hydrogen (secondary N) is 2. The van der Waals surface area contributed by atoms with E-state index in [1.165, 1.54) is 9.80 Å². The average Bonchev–Trinajstić information content (AvgIpc) is 3.38. The fourth-order valence-corrected chi connectivity index (χ4v) is 4.44. The molecule has 0 saturated carbocycles. The van der Waals surface area contributed by atoms with Crippen molar-refractivity contribution >= 4 is 30.0 Å². The first-order valence-electron chi connectivity index (χ1n) is 15.9. The minimum atomic E-state index is -5.24. The normalized spacial score (nSPS) is 14.0. The Bertz CT molecular complexity index is 1290. The van der Waals surface area contributed by atoms with Gasteiger partial charge in [-0.2, -0.15) is 18.2 Å². The Morgan fingerprint density at radius 3 is 1.94 bits per heavy atom. The minimum Gasteiger partial charge on any atom is -0.490 e. The molecule has 0 bridgehead atoms. The first-order valence-corrected chi connectivity index (χ1v) is 15.9.